The smallest absolute Gasteiger partial charge is 0.254 e. The highest BCUT2D eigenvalue weighted by Gasteiger charge is 2.36. The number of likely N-dealkylation sites (tertiary alicyclic amines) is 1. The minimum absolute atomic E-state index is 0.168. The van der Waals surface area contributed by atoms with Gasteiger partial charge in [-0.2, -0.15) is 0 Å². The number of amides is 1. The summed E-state index contributed by atoms with van der Waals surface area (Å²) >= 11 is 0. The monoisotopic (exact) mass is 258 g/mol. The summed E-state index contributed by atoms with van der Waals surface area (Å²) in [5, 5.41) is 0. The average molecular weight is 258 g/mol. The first-order chi connectivity index (χ1) is 9.25. The fourth-order valence-electron chi connectivity index (χ4n) is 3.71. The zero-order chi connectivity index (χ0) is 13.2. The average Bonchev–Trinajstić information content (AvgIpc) is 3.08. The van der Waals surface area contributed by atoms with Crippen molar-refractivity contribution in [1.82, 2.24) is 4.90 Å². The van der Waals surface area contributed by atoms with Gasteiger partial charge in [0, 0.05) is 23.8 Å². The molecule has 0 spiro atoms. The first kappa shape index (κ1) is 12.5. The van der Waals surface area contributed by atoms with E-state index in [1.165, 1.54) is 32.1 Å². The normalized spacial score (nSPS) is 24.0. The fraction of sp³-hybridized carbons (Fsp3) is 0.562. The molecule has 19 heavy (non-hydrogen) atoms. The Balaban J connectivity index is 1.78. The first-order valence-electron chi connectivity index (χ1n) is 7.42. The highest BCUT2D eigenvalue weighted by atomic mass is 16.2. The van der Waals surface area contributed by atoms with Crippen LogP contribution in [0, 0.1) is 5.92 Å². The van der Waals surface area contributed by atoms with E-state index < -0.39 is 0 Å². The summed E-state index contributed by atoms with van der Waals surface area (Å²) in [5.41, 5.74) is 7.19. The number of rotatable bonds is 2. The Bertz CT molecular complexity index is 466. The highest BCUT2D eigenvalue weighted by Crippen LogP contribution is 2.36. The van der Waals surface area contributed by atoms with Crippen LogP contribution in [0.2, 0.25) is 0 Å². The summed E-state index contributed by atoms with van der Waals surface area (Å²) in [4.78, 5) is 14.7. The zero-order valence-electron chi connectivity index (χ0n) is 11.3. The molecule has 1 aliphatic carbocycles. The maximum Gasteiger partial charge on any atom is 0.254 e. The van der Waals surface area contributed by atoms with Crippen molar-refractivity contribution in [3.05, 3.63) is 29.8 Å². The Labute approximate surface area is 114 Å². The molecule has 1 saturated carbocycles. The van der Waals surface area contributed by atoms with Gasteiger partial charge in [-0.3, -0.25) is 4.79 Å². The van der Waals surface area contributed by atoms with E-state index in [4.69, 9.17) is 5.73 Å². The van der Waals surface area contributed by atoms with Crippen LogP contribution in [0.25, 0.3) is 0 Å². The van der Waals surface area contributed by atoms with Crippen molar-refractivity contribution >= 4 is 11.6 Å². The molecule has 2 N–H and O–H groups in total. The third-order valence-corrected chi connectivity index (χ3v) is 4.64. The van der Waals surface area contributed by atoms with Crippen molar-refractivity contribution in [3.63, 3.8) is 0 Å². The molecule has 1 atom stereocenters. The molecule has 0 radical (unpaired) electrons. The van der Waals surface area contributed by atoms with Crippen LogP contribution in [0.4, 0.5) is 5.69 Å². The Kier molecular flexibility index (Phi) is 3.45. The van der Waals surface area contributed by atoms with Crippen molar-refractivity contribution in [3.8, 4) is 0 Å². The minimum atomic E-state index is 0.168. The lowest BCUT2D eigenvalue weighted by Crippen LogP contribution is -2.39. The molecule has 1 aromatic carbocycles. The second kappa shape index (κ2) is 5.24. The number of benzene rings is 1. The van der Waals surface area contributed by atoms with Gasteiger partial charge in [0.25, 0.3) is 5.91 Å². The van der Waals surface area contributed by atoms with Gasteiger partial charge in [-0.1, -0.05) is 18.9 Å². The standard InChI is InChI=1S/C16H22N2O/c17-14-8-3-7-13(11-14)16(19)18-10-4-9-15(18)12-5-1-2-6-12/h3,7-8,11-12,15H,1-2,4-6,9-10,17H2. The number of hydrogen-bond donors (Lipinski definition) is 1. The van der Waals surface area contributed by atoms with Crippen LogP contribution in [0.5, 0.6) is 0 Å². The summed E-state index contributed by atoms with van der Waals surface area (Å²) in [6.45, 7) is 0.912. The van der Waals surface area contributed by atoms with Crippen molar-refractivity contribution < 1.29 is 4.79 Å². The zero-order valence-corrected chi connectivity index (χ0v) is 11.3. The van der Waals surface area contributed by atoms with Crippen LogP contribution < -0.4 is 5.73 Å². The largest absolute Gasteiger partial charge is 0.399 e. The quantitative estimate of drug-likeness (QED) is 0.829. The van der Waals surface area contributed by atoms with Gasteiger partial charge in [0.15, 0.2) is 0 Å². The maximum absolute atomic E-state index is 12.6. The van der Waals surface area contributed by atoms with E-state index in [1.807, 2.05) is 18.2 Å². The summed E-state index contributed by atoms with van der Waals surface area (Å²) in [6.07, 6.45) is 7.59. The van der Waals surface area contributed by atoms with Gasteiger partial charge < -0.3 is 10.6 Å². The summed E-state index contributed by atoms with van der Waals surface area (Å²) < 4.78 is 0. The van der Waals surface area contributed by atoms with Crippen molar-refractivity contribution in [1.29, 1.82) is 0 Å². The molecule has 0 aromatic heterocycles. The predicted molar refractivity (Wildman–Crippen MR) is 76.9 cm³/mol. The van der Waals surface area contributed by atoms with Crippen molar-refractivity contribution in [2.75, 3.05) is 12.3 Å². The fourth-order valence-corrected chi connectivity index (χ4v) is 3.71. The summed E-state index contributed by atoms with van der Waals surface area (Å²) in [6, 6.07) is 7.84. The highest BCUT2D eigenvalue weighted by molar-refractivity contribution is 5.95. The predicted octanol–water partition coefficient (Wildman–Crippen LogP) is 3.06. The van der Waals surface area contributed by atoms with E-state index in [-0.39, 0.29) is 5.91 Å². The van der Waals surface area contributed by atoms with Crippen LogP contribution in [0.15, 0.2) is 24.3 Å². The summed E-state index contributed by atoms with van der Waals surface area (Å²) in [7, 11) is 0. The van der Waals surface area contributed by atoms with Gasteiger partial charge in [0.2, 0.25) is 0 Å². The molecule has 1 unspecified atom stereocenters. The Hall–Kier alpha value is -1.51. The number of anilines is 1. The lowest BCUT2D eigenvalue weighted by molar-refractivity contribution is 0.0689. The van der Waals surface area contributed by atoms with Crippen LogP contribution in [-0.2, 0) is 0 Å². The summed E-state index contributed by atoms with van der Waals surface area (Å²) in [5.74, 6) is 0.897. The number of nitrogens with two attached hydrogens (primary N) is 1. The van der Waals surface area contributed by atoms with E-state index in [1.54, 1.807) is 6.07 Å². The molecule has 1 aromatic rings. The van der Waals surface area contributed by atoms with Crippen LogP contribution in [-0.4, -0.2) is 23.4 Å². The second-order valence-corrected chi connectivity index (χ2v) is 5.88. The third-order valence-electron chi connectivity index (χ3n) is 4.64. The van der Waals surface area contributed by atoms with Crippen molar-refractivity contribution in [2.45, 2.75) is 44.6 Å². The van der Waals surface area contributed by atoms with Gasteiger partial charge in [-0.05, 0) is 49.8 Å². The number of carbonyl (C=O) groups excluding carboxylic acids is 1. The molecule has 1 heterocycles. The second-order valence-electron chi connectivity index (χ2n) is 5.88. The SMILES string of the molecule is Nc1cccc(C(=O)N2CCCC2C2CCCC2)c1. The lowest BCUT2D eigenvalue weighted by Gasteiger charge is -2.29. The molecule has 3 rings (SSSR count). The first-order valence-corrected chi connectivity index (χ1v) is 7.42. The van der Waals surface area contributed by atoms with Crippen molar-refractivity contribution in [2.24, 2.45) is 5.92 Å². The van der Waals surface area contributed by atoms with Gasteiger partial charge in [0.1, 0.15) is 0 Å². The van der Waals surface area contributed by atoms with E-state index in [0.717, 1.165) is 24.4 Å². The molecule has 1 saturated heterocycles. The Morgan fingerprint density at radius 1 is 1.16 bits per heavy atom. The van der Waals surface area contributed by atoms with E-state index in [9.17, 15) is 4.79 Å². The molecule has 2 fully saturated rings. The molecule has 3 nitrogen and oxygen atoms in total. The van der Waals surface area contributed by atoms with Crippen LogP contribution >= 0.6 is 0 Å². The molecule has 102 valence electrons. The van der Waals surface area contributed by atoms with Gasteiger partial charge in [0.05, 0.1) is 0 Å². The Morgan fingerprint density at radius 3 is 2.68 bits per heavy atom. The molecular formula is C16H22N2O. The molecule has 3 heteroatoms. The molecule has 2 aliphatic rings. The Morgan fingerprint density at radius 2 is 1.95 bits per heavy atom. The number of nitrogen functional groups attached to an aromatic ring is 1. The minimum Gasteiger partial charge on any atom is -0.399 e. The van der Waals surface area contributed by atoms with Crippen LogP contribution in [0.3, 0.4) is 0 Å². The van der Waals surface area contributed by atoms with Gasteiger partial charge >= 0.3 is 0 Å². The number of hydrogen-bond acceptors (Lipinski definition) is 2. The van der Waals surface area contributed by atoms with Gasteiger partial charge in [-0.25, -0.2) is 0 Å². The molecule has 1 aliphatic heterocycles. The van der Waals surface area contributed by atoms with E-state index >= 15 is 0 Å². The van der Waals surface area contributed by atoms with Gasteiger partial charge in [-0.15, -0.1) is 0 Å². The van der Waals surface area contributed by atoms with Crippen LogP contribution in [0.1, 0.15) is 48.9 Å². The molecular weight excluding hydrogens is 236 g/mol. The maximum atomic E-state index is 12.6. The molecule has 0 bridgehead atoms. The topological polar surface area (TPSA) is 46.3 Å². The number of carbonyl (C=O) groups is 1. The third kappa shape index (κ3) is 2.46. The molecule has 1 amide bonds. The number of nitrogens with zero attached hydrogens (tertiary/aromatic N) is 1. The van der Waals surface area contributed by atoms with E-state index in [2.05, 4.69) is 4.90 Å². The van der Waals surface area contributed by atoms with E-state index in [0.29, 0.717) is 11.7 Å². The lowest BCUT2D eigenvalue weighted by atomic mass is 9.95.